The molecule has 0 spiro atoms. The molecule has 8 nitrogen and oxygen atoms in total. The van der Waals surface area contributed by atoms with Gasteiger partial charge in [0.15, 0.2) is 23.9 Å². The van der Waals surface area contributed by atoms with E-state index in [0.717, 1.165) is 0 Å². The molecule has 0 aromatic heterocycles. The fourth-order valence-electron chi connectivity index (χ4n) is 2.88. The Morgan fingerprint density at radius 1 is 1.10 bits per heavy atom. The van der Waals surface area contributed by atoms with E-state index < -0.39 is 0 Å². The molecule has 1 heterocycles. The molecule has 0 unspecified atom stereocenters. The molecule has 1 N–H and O–H groups in total. The number of rotatable bonds is 8. The van der Waals surface area contributed by atoms with Crippen LogP contribution in [0.1, 0.15) is 10.4 Å². The van der Waals surface area contributed by atoms with E-state index >= 15 is 0 Å². The second-order valence-electron chi connectivity index (χ2n) is 6.46. The monoisotopic (exact) mass is 430 g/mol. The molecule has 0 saturated heterocycles. The highest BCUT2D eigenvalue weighted by atomic mass is 32.2. The lowest BCUT2D eigenvalue weighted by atomic mass is 10.1. The molecule has 2 aromatic carbocycles. The predicted molar refractivity (Wildman–Crippen MR) is 115 cm³/mol. The van der Waals surface area contributed by atoms with Crippen molar-refractivity contribution in [1.82, 2.24) is 0 Å². The summed E-state index contributed by atoms with van der Waals surface area (Å²) in [6, 6.07) is 10.1. The Bertz CT molecular complexity index is 978. The van der Waals surface area contributed by atoms with Crippen LogP contribution >= 0.6 is 11.8 Å². The van der Waals surface area contributed by atoms with Crippen LogP contribution in [-0.4, -0.2) is 57.0 Å². The van der Waals surface area contributed by atoms with Crippen LogP contribution < -0.4 is 24.4 Å². The number of thioether (sulfide) groups is 1. The van der Waals surface area contributed by atoms with E-state index in [1.807, 2.05) is 0 Å². The zero-order valence-corrected chi connectivity index (χ0v) is 17.7. The number of nitrogens with zero attached hydrogens (tertiary/aromatic N) is 1. The first kappa shape index (κ1) is 21.5. The van der Waals surface area contributed by atoms with Gasteiger partial charge < -0.3 is 24.4 Å². The van der Waals surface area contributed by atoms with Crippen LogP contribution in [0.25, 0.3) is 0 Å². The number of amides is 2. The maximum Gasteiger partial charge on any atom is 0.264 e. The van der Waals surface area contributed by atoms with Gasteiger partial charge in [-0.05, 0) is 30.3 Å². The lowest BCUT2D eigenvalue weighted by Gasteiger charge is -2.26. The Morgan fingerprint density at radius 2 is 1.87 bits per heavy atom. The number of ketones is 1. The smallest absolute Gasteiger partial charge is 0.264 e. The maximum atomic E-state index is 12.5. The summed E-state index contributed by atoms with van der Waals surface area (Å²) in [6.07, 6.45) is 0. The largest absolute Gasteiger partial charge is 0.493 e. The normalized spacial score (nSPS) is 12.6. The van der Waals surface area contributed by atoms with Crippen LogP contribution in [0.15, 0.2) is 36.4 Å². The van der Waals surface area contributed by atoms with E-state index in [0.29, 0.717) is 34.2 Å². The first-order valence-electron chi connectivity index (χ1n) is 9.09. The van der Waals surface area contributed by atoms with Crippen molar-refractivity contribution in [2.45, 2.75) is 0 Å². The van der Waals surface area contributed by atoms with Crippen molar-refractivity contribution in [3.63, 3.8) is 0 Å². The van der Waals surface area contributed by atoms with Crippen molar-refractivity contribution in [3.05, 3.63) is 42.0 Å². The maximum absolute atomic E-state index is 12.5. The van der Waals surface area contributed by atoms with Crippen LogP contribution in [0.4, 0.5) is 11.4 Å². The molecule has 158 valence electrons. The molecule has 1 aliphatic rings. The predicted octanol–water partition coefficient (Wildman–Crippen LogP) is 2.61. The third kappa shape index (κ3) is 4.85. The van der Waals surface area contributed by atoms with Crippen molar-refractivity contribution in [3.8, 4) is 17.2 Å². The van der Waals surface area contributed by atoms with Gasteiger partial charge in [0.25, 0.3) is 5.91 Å². The van der Waals surface area contributed by atoms with E-state index in [9.17, 15) is 14.4 Å². The number of hydrogen-bond acceptors (Lipinski definition) is 7. The number of carbonyl (C=O) groups is 3. The van der Waals surface area contributed by atoms with Gasteiger partial charge in [0, 0.05) is 24.4 Å². The van der Waals surface area contributed by atoms with E-state index in [1.54, 1.807) is 43.4 Å². The molecule has 2 aromatic rings. The van der Waals surface area contributed by atoms with Gasteiger partial charge in [-0.15, -0.1) is 11.8 Å². The van der Waals surface area contributed by atoms with Crippen LogP contribution in [0.5, 0.6) is 17.2 Å². The average Bonchev–Trinajstić information content (AvgIpc) is 2.76. The van der Waals surface area contributed by atoms with Crippen LogP contribution in [0.2, 0.25) is 0 Å². The molecule has 0 aliphatic carbocycles. The second kappa shape index (κ2) is 9.53. The van der Waals surface area contributed by atoms with Gasteiger partial charge in [0.1, 0.15) is 5.75 Å². The number of fused-ring (bicyclic) bond motifs is 1. The zero-order chi connectivity index (χ0) is 21.7. The van der Waals surface area contributed by atoms with E-state index in [2.05, 4.69) is 5.32 Å². The Morgan fingerprint density at radius 3 is 2.60 bits per heavy atom. The molecule has 2 amide bonds. The van der Waals surface area contributed by atoms with Crippen molar-refractivity contribution in [1.29, 1.82) is 0 Å². The Balaban J connectivity index is 1.53. The number of methoxy groups -OCH3 is 2. The molecule has 30 heavy (non-hydrogen) atoms. The quantitative estimate of drug-likeness (QED) is 0.644. The summed E-state index contributed by atoms with van der Waals surface area (Å²) >= 11 is 1.21. The third-order valence-corrected chi connectivity index (χ3v) is 5.43. The minimum absolute atomic E-state index is 0.0121. The minimum Gasteiger partial charge on any atom is -0.493 e. The van der Waals surface area contributed by atoms with Crippen molar-refractivity contribution < 1.29 is 28.6 Å². The van der Waals surface area contributed by atoms with Gasteiger partial charge in [-0.25, -0.2) is 0 Å². The highest BCUT2D eigenvalue weighted by Crippen LogP contribution is 2.32. The Hall–Kier alpha value is -3.20. The lowest BCUT2D eigenvalue weighted by molar-refractivity contribution is -0.121. The fourth-order valence-corrected chi connectivity index (χ4v) is 3.59. The molecule has 0 bridgehead atoms. The SMILES string of the molecule is COc1ccc(NC(=O)CSCC(=O)c2ccc3c(c2)N(C)C(=O)CO3)cc1OC. The number of likely N-dealkylation sites (N-methyl/N-ethyl adjacent to an activating group) is 1. The lowest BCUT2D eigenvalue weighted by Crippen LogP contribution is -2.35. The second-order valence-corrected chi connectivity index (χ2v) is 7.44. The van der Waals surface area contributed by atoms with Gasteiger partial charge in [0.2, 0.25) is 5.91 Å². The summed E-state index contributed by atoms with van der Waals surface area (Å²) in [7, 11) is 4.70. The molecule has 0 fully saturated rings. The van der Waals surface area contributed by atoms with Crippen LogP contribution in [0.3, 0.4) is 0 Å². The summed E-state index contributed by atoms with van der Waals surface area (Å²) < 4.78 is 15.7. The van der Waals surface area contributed by atoms with Gasteiger partial charge in [-0.2, -0.15) is 0 Å². The van der Waals surface area contributed by atoms with Gasteiger partial charge >= 0.3 is 0 Å². The topological polar surface area (TPSA) is 94.2 Å². The molecular weight excluding hydrogens is 408 g/mol. The van der Waals surface area contributed by atoms with Crippen molar-refractivity contribution in [2.75, 3.05) is 49.6 Å². The number of anilines is 2. The first-order chi connectivity index (χ1) is 14.4. The van der Waals surface area contributed by atoms with Crippen LogP contribution in [-0.2, 0) is 9.59 Å². The third-order valence-electron chi connectivity index (χ3n) is 4.50. The summed E-state index contributed by atoms with van der Waals surface area (Å²) in [6.45, 7) is -0.0121. The molecule has 3 rings (SSSR count). The average molecular weight is 430 g/mol. The molecule has 0 radical (unpaired) electrons. The van der Waals surface area contributed by atoms with Crippen molar-refractivity contribution in [2.24, 2.45) is 0 Å². The number of benzene rings is 2. The highest BCUT2D eigenvalue weighted by molar-refractivity contribution is 8.00. The van der Waals surface area contributed by atoms with Crippen molar-refractivity contribution >= 4 is 40.7 Å². The fraction of sp³-hybridized carbons (Fsp3) is 0.286. The van der Waals surface area contributed by atoms with E-state index in [4.69, 9.17) is 14.2 Å². The summed E-state index contributed by atoms with van der Waals surface area (Å²) in [5.74, 6) is 1.36. The summed E-state index contributed by atoms with van der Waals surface area (Å²) in [4.78, 5) is 37.9. The first-order valence-corrected chi connectivity index (χ1v) is 10.2. The molecule has 9 heteroatoms. The zero-order valence-electron chi connectivity index (χ0n) is 16.9. The number of hydrogen-bond donors (Lipinski definition) is 1. The Kier molecular flexibility index (Phi) is 6.83. The van der Waals surface area contributed by atoms with E-state index in [-0.39, 0.29) is 35.7 Å². The number of ether oxygens (including phenoxy) is 3. The Labute approximate surface area is 178 Å². The summed E-state index contributed by atoms with van der Waals surface area (Å²) in [5, 5.41) is 2.77. The molecule has 0 atom stereocenters. The summed E-state index contributed by atoms with van der Waals surface area (Å²) in [5.41, 5.74) is 1.60. The number of nitrogens with one attached hydrogen (secondary N) is 1. The van der Waals surface area contributed by atoms with E-state index in [1.165, 1.54) is 30.9 Å². The molecular formula is C21H22N2O6S. The highest BCUT2D eigenvalue weighted by Gasteiger charge is 2.23. The molecule has 0 saturated carbocycles. The molecule has 1 aliphatic heterocycles. The van der Waals surface area contributed by atoms with Gasteiger partial charge in [-0.1, -0.05) is 0 Å². The standard InChI is InChI=1S/C21H22N2O6S/c1-23-15-8-13(4-6-17(15)29-10-21(23)26)16(24)11-30-12-20(25)22-14-5-7-18(27-2)19(9-14)28-3/h4-9H,10-12H2,1-3H3,(H,22,25). The number of carbonyl (C=O) groups excluding carboxylic acids is 3. The van der Waals surface area contributed by atoms with Gasteiger partial charge in [-0.3, -0.25) is 14.4 Å². The van der Waals surface area contributed by atoms with Crippen LogP contribution in [0, 0.1) is 0 Å². The minimum atomic E-state index is -0.232. The number of Topliss-reactive ketones (excluding diaryl/α,β-unsaturated/α-hetero) is 1. The van der Waals surface area contributed by atoms with Gasteiger partial charge in [0.05, 0.1) is 31.4 Å².